The van der Waals surface area contributed by atoms with Crippen molar-refractivity contribution >= 4 is 5.91 Å². The first kappa shape index (κ1) is 19.9. The summed E-state index contributed by atoms with van der Waals surface area (Å²) in [5.41, 5.74) is 2.85. The topological polar surface area (TPSA) is 50.6 Å². The molecule has 0 unspecified atom stereocenters. The Hall–Kier alpha value is -2.44. The van der Waals surface area contributed by atoms with E-state index in [-0.39, 0.29) is 5.91 Å². The monoisotopic (exact) mass is 394 g/mol. The van der Waals surface area contributed by atoms with Gasteiger partial charge in [0.25, 0.3) is 5.91 Å². The molecule has 2 aromatic rings. The summed E-state index contributed by atoms with van der Waals surface area (Å²) in [4.78, 5) is 17.8. The molecular formula is C23H30N4O2. The van der Waals surface area contributed by atoms with Gasteiger partial charge < -0.3 is 9.64 Å². The Morgan fingerprint density at radius 2 is 2.03 bits per heavy atom. The van der Waals surface area contributed by atoms with Crippen molar-refractivity contribution in [2.75, 3.05) is 32.8 Å². The fourth-order valence-corrected chi connectivity index (χ4v) is 4.22. The molecule has 1 spiro atoms. The molecule has 4 rings (SSSR count). The van der Waals surface area contributed by atoms with Crippen molar-refractivity contribution in [2.45, 2.75) is 31.9 Å². The van der Waals surface area contributed by atoms with Crippen LogP contribution in [0.3, 0.4) is 0 Å². The van der Waals surface area contributed by atoms with Gasteiger partial charge in [0.05, 0.1) is 12.8 Å². The smallest absolute Gasteiger partial charge is 0.256 e. The molecule has 0 radical (unpaired) electrons. The Kier molecular flexibility index (Phi) is 5.83. The Bertz CT molecular complexity index is 876. The summed E-state index contributed by atoms with van der Waals surface area (Å²) in [5.74, 6) is 0.117. The summed E-state index contributed by atoms with van der Waals surface area (Å²) in [7, 11) is 1.96. The summed E-state index contributed by atoms with van der Waals surface area (Å²) in [6.45, 7) is 6.27. The summed E-state index contributed by atoms with van der Waals surface area (Å²) < 4.78 is 8.08. The van der Waals surface area contributed by atoms with Gasteiger partial charge >= 0.3 is 0 Å². The first-order valence-electron chi connectivity index (χ1n) is 10.4. The van der Waals surface area contributed by atoms with E-state index in [4.69, 9.17) is 4.74 Å². The van der Waals surface area contributed by atoms with Crippen molar-refractivity contribution in [3.05, 3.63) is 65.5 Å². The maximum Gasteiger partial charge on any atom is 0.256 e. The Balaban J connectivity index is 1.46. The normalized spacial score (nSPS) is 23.0. The van der Waals surface area contributed by atoms with Crippen LogP contribution in [0.2, 0.25) is 0 Å². The number of hydrogen-bond acceptors (Lipinski definition) is 4. The lowest BCUT2D eigenvalue weighted by Crippen LogP contribution is -2.60. The van der Waals surface area contributed by atoms with Gasteiger partial charge in [-0.3, -0.25) is 14.4 Å². The summed E-state index contributed by atoms with van der Waals surface area (Å²) >= 11 is 0. The third-order valence-electron chi connectivity index (χ3n) is 6.13. The average Bonchev–Trinajstić information content (AvgIpc) is 2.97. The molecule has 0 bridgehead atoms. The summed E-state index contributed by atoms with van der Waals surface area (Å²) in [6, 6.07) is 10.3. The number of amides is 1. The molecule has 1 aromatic carbocycles. The van der Waals surface area contributed by atoms with Crippen LogP contribution < -0.4 is 0 Å². The molecule has 0 N–H and O–H groups in total. The Morgan fingerprint density at radius 1 is 1.21 bits per heavy atom. The van der Waals surface area contributed by atoms with Crippen LogP contribution in [0.1, 0.15) is 23.2 Å². The number of carbonyl (C=O) groups is 1. The van der Waals surface area contributed by atoms with E-state index in [9.17, 15) is 4.79 Å². The first-order valence-corrected chi connectivity index (χ1v) is 10.4. The molecule has 1 saturated heterocycles. The fraction of sp³-hybridized carbons (Fsp3) is 0.478. The van der Waals surface area contributed by atoms with Crippen molar-refractivity contribution in [1.29, 1.82) is 0 Å². The minimum absolute atomic E-state index is 0.117. The van der Waals surface area contributed by atoms with E-state index in [1.807, 2.05) is 41.0 Å². The van der Waals surface area contributed by atoms with Gasteiger partial charge in [0, 0.05) is 57.4 Å². The van der Waals surface area contributed by atoms with Crippen LogP contribution >= 0.6 is 0 Å². The lowest BCUT2D eigenvalue weighted by Gasteiger charge is -2.42. The van der Waals surface area contributed by atoms with Crippen LogP contribution in [0.5, 0.6) is 0 Å². The molecular weight excluding hydrogens is 364 g/mol. The average molecular weight is 395 g/mol. The van der Waals surface area contributed by atoms with Crippen molar-refractivity contribution < 1.29 is 9.53 Å². The number of hydrogen-bond donors (Lipinski definition) is 0. The second-order valence-corrected chi connectivity index (χ2v) is 8.09. The zero-order chi connectivity index (χ0) is 20.3. The minimum Gasteiger partial charge on any atom is -0.362 e. The quantitative estimate of drug-likeness (QED) is 0.731. The van der Waals surface area contributed by atoms with E-state index in [0.717, 1.165) is 19.5 Å². The van der Waals surface area contributed by atoms with E-state index in [1.54, 1.807) is 0 Å². The second kappa shape index (κ2) is 8.51. The molecule has 6 heteroatoms. The van der Waals surface area contributed by atoms with Crippen molar-refractivity contribution in [2.24, 2.45) is 7.05 Å². The molecule has 1 atom stereocenters. The van der Waals surface area contributed by atoms with Gasteiger partial charge in [0.2, 0.25) is 0 Å². The molecule has 0 aliphatic carbocycles. The van der Waals surface area contributed by atoms with Crippen LogP contribution in [0, 0.1) is 6.92 Å². The fourth-order valence-electron chi connectivity index (χ4n) is 4.22. The molecule has 6 nitrogen and oxygen atoms in total. The number of benzene rings is 1. The summed E-state index contributed by atoms with van der Waals surface area (Å²) in [5, 5.41) is 4.35. The van der Waals surface area contributed by atoms with Gasteiger partial charge in [0.15, 0.2) is 5.60 Å². The highest BCUT2D eigenvalue weighted by Crippen LogP contribution is 2.28. The maximum atomic E-state index is 13.5. The van der Waals surface area contributed by atoms with Gasteiger partial charge in [-0.2, -0.15) is 5.10 Å². The van der Waals surface area contributed by atoms with E-state index in [2.05, 4.69) is 41.2 Å². The maximum absolute atomic E-state index is 13.5. The molecule has 1 fully saturated rings. The van der Waals surface area contributed by atoms with Crippen molar-refractivity contribution in [3.8, 4) is 0 Å². The Morgan fingerprint density at radius 3 is 2.79 bits per heavy atom. The van der Waals surface area contributed by atoms with Gasteiger partial charge in [-0.25, -0.2) is 0 Å². The van der Waals surface area contributed by atoms with Crippen LogP contribution in [0.4, 0.5) is 0 Å². The number of nitrogens with zero attached hydrogens (tertiary/aromatic N) is 4. The molecule has 154 valence electrons. The van der Waals surface area contributed by atoms with Gasteiger partial charge in [-0.1, -0.05) is 42.5 Å². The lowest BCUT2D eigenvalue weighted by molar-refractivity contribution is -0.170. The highest BCUT2D eigenvalue weighted by atomic mass is 16.5. The molecule has 2 aliphatic rings. The van der Waals surface area contributed by atoms with Crippen LogP contribution in [0.15, 0.2) is 48.7 Å². The number of rotatable bonds is 5. The molecule has 2 aliphatic heterocycles. The van der Waals surface area contributed by atoms with Gasteiger partial charge in [-0.15, -0.1) is 0 Å². The standard InChI is InChI=1S/C23H30N4O2/c1-19-21(16-24-25(19)2)17-26-14-15-29-23(18-26)11-6-7-12-27(22(23)28)13-10-20-8-4-3-5-9-20/h3-9,16H,10-15,17-18H2,1-2H3/t23-/m0/s1. The van der Waals surface area contributed by atoms with E-state index in [1.165, 1.54) is 16.8 Å². The third kappa shape index (κ3) is 4.28. The zero-order valence-electron chi connectivity index (χ0n) is 17.4. The highest BCUT2D eigenvalue weighted by molar-refractivity contribution is 5.86. The Labute approximate surface area is 172 Å². The van der Waals surface area contributed by atoms with E-state index < -0.39 is 5.60 Å². The van der Waals surface area contributed by atoms with E-state index in [0.29, 0.717) is 32.7 Å². The van der Waals surface area contributed by atoms with Crippen LogP contribution in [-0.2, 0) is 29.5 Å². The molecule has 29 heavy (non-hydrogen) atoms. The van der Waals surface area contributed by atoms with Crippen molar-refractivity contribution in [1.82, 2.24) is 19.6 Å². The van der Waals surface area contributed by atoms with Crippen molar-refractivity contribution in [3.63, 3.8) is 0 Å². The van der Waals surface area contributed by atoms with Gasteiger partial charge in [-0.05, 0) is 18.9 Å². The van der Waals surface area contributed by atoms with Gasteiger partial charge in [0.1, 0.15) is 0 Å². The summed E-state index contributed by atoms with van der Waals surface area (Å²) in [6.07, 6.45) is 7.63. The molecule has 1 amide bonds. The molecule has 0 saturated carbocycles. The predicted molar refractivity (Wildman–Crippen MR) is 112 cm³/mol. The molecule has 1 aromatic heterocycles. The zero-order valence-corrected chi connectivity index (χ0v) is 17.4. The largest absolute Gasteiger partial charge is 0.362 e. The number of aromatic nitrogens is 2. The number of morpholine rings is 1. The van der Waals surface area contributed by atoms with E-state index >= 15 is 0 Å². The predicted octanol–water partition coefficient (Wildman–Crippen LogP) is 2.33. The highest BCUT2D eigenvalue weighted by Gasteiger charge is 2.45. The first-order chi connectivity index (χ1) is 14.1. The third-order valence-corrected chi connectivity index (χ3v) is 6.13. The van der Waals surface area contributed by atoms with Crippen LogP contribution in [0.25, 0.3) is 0 Å². The minimum atomic E-state index is -0.780. The van der Waals surface area contributed by atoms with Crippen LogP contribution in [-0.4, -0.2) is 63.9 Å². The number of ether oxygens (including phenoxy) is 1. The molecule has 3 heterocycles. The number of carbonyl (C=O) groups excluding carboxylic acids is 1. The second-order valence-electron chi connectivity index (χ2n) is 8.09. The SMILES string of the molecule is Cc1c(CN2CCO[C@@]3(CC=CCN(CCc4ccccc4)C3=O)C2)cnn1C. The lowest BCUT2D eigenvalue weighted by atomic mass is 9.95. The number of aryl methyl sites for hydroxylation is 1.